The van der Waals surface area contributed by atoms with Crippen LogP contribution in [-0.4, -0.2) is 45.1 Å². The molecule has 5 rings (SSSR count). The van der Waals surface area contributed by atoms with Crippen LogP contribution >= 0.6 is 0 Å². The first-order chi connectivity index (χ1) is 13.5. The number of fused-ring (bicyclic) bond motifs is 3. The Hall–Kier alpha value is -2.58. The number of para-hydroxylation sites is 2. The minimum absolute atomic E-state index is 0.160. The van der Waals surface area contributed by atoms with Crippen LogP contribution in [-0.2, 0) is 20.2 Å². The van der Waals surface area contributed by atoms with E-state index in [0.717, 1.165) is 24.2 Å². The van der Waals surface area contributed by atoms with Gasteiger partial charge in [0.05, 0.1) is 17.7 Å². The van der Waals surface area contributed by atoms with Crippen LogP contribution in [0.4, 0.5) is 5.69 Å². The second kappa shape index (κ2) is 6.22. The zero-order valence-corrected chi connectivity index (χ0v) is 16.0. The van der Waals surface area contributed by atoms with Crippen molar-refractivity contribution in [2.75, 3.05) is 25.0 Å². The van der Waals surface area contributed by atoms with Crippen LogP contribution in [0.3, 0.4) is 0 Å². The van der Waals surface area contributed by atoms with E-state index in [2.05, 4.69) is 16.1 Å². The molecule has 8 heteroatoms. The van der Waals surface area contributed by atoms with Crippen molar-refractivity contribution < 1.29 is 17.9 Å². The summed E-state index contributed by atoms with van der Waals surface area (Å²) in [5.74, 6) is 0.615. The molecular weight excluding hydrogens is 378 g/mol. The van der Waals surface area contributed by atoms with Crippen LogP contribution in [0, 0.1) is 0 Å². The molecule has 2 aromatic carbocycles. The molecule has 1 spiro atoms. The van der Waals surface area contributed by atoms with Gasteiger partial charge in [-0.2, -0.15) is 4.72 Å². The number of nitrogens with zero attached hydrogens (tertiary/aromatic N) is 1. The lowest BCUT2D eigenvalue weighted by Crippen LogP contribution is -2.58. The van der Waals surface area contributed by atoms with Crippen LogP contribution in [0.5, 0.6) is 5.75 Å². The highest BCUT2D eigenvalue weighted by Gasteiger charge is 2.46. The number of hydrogen-bond acceptors (Lipinski definition) is 5. The number of rotatable bonds is 1. The van der Waals surface area contributed by atoms with E-state index < -0.39 is 16.2 Å². The van der Waals surface area contributed by atoms with Crippen LogP contribution in [0.15, 0.2) is 53.4 Å². The predicted octanol–water partition coefficient (Wildman–Crippen LogP) is 1.67. The van der Waals surface area contributed by atoms with Gasteiger partial charge < -0.3 is 15.0 Å². The van der Waals surface area contributed by atoms with Gasteiger partial charge in [-0.25, -0.2) is 8.42 Å². The quantitative estimate of drug-likeness (QED) is 0.762. The number of carbonyl (C=O) groups excluding carboxylic acids is 1. The number of ether oxygens (including phenoxy) is 1. The average Bonchev–Trinajstić information content (AvgIpc) is 3.05. The van der Waals surface area contributed by atoms with Gasteiger partial charge >= 0.3 is 0 Å². The molecule has 0 radical (unpaired) electrons. The molecule has 2 N–H and O–H groups in total. The minimum atomic E-state index is -3.74. The van der Waals surface area contributed by atoms with E-state index in [9.17, 15) is 13.2 Å². The molecule has 2 aromatic rings. The summed E-state index contributed by atoms with van der Waals surface area (Å²) in [5.41, 5.74) is 1.35. The number of nitrogens with one attached hydrogen (secondary N) is 2. The molecule has 3 aliphatic heterocycles. The molecule has 0 saturated carbocycles. The smallest absolute Gasteiger partial charge is 0.261 e. The molecule has 0 aromatic heterocycles. The van der Waals surface area contributed by atoms with Crippen molar-refractivity contribution in [1.29, 1.82) is 0 Å². The van der Waals surface area contributed by atoms with Crippen LogP contribution in [0.1, 0.15) is 18.4 Å². The highest BCUT2D eigenvalue weighted by atomic mass is 32.2. The van der Waals surface area contributed by atoms with E-state index in [1.807, 2.05) is 18.2 Å². The number of piperidine rings is 1. The Labute approximate surface area is 163 Å². The number of carbonyl (C=O) groups is 1. The van der Waals surface area contributed by atoms with Crippen molar-refractivity contribution in [3.05, 3.63) is 54.1 Å². The number of amides is 1. The second-order valence-corrected chi connectivity index (χ2v) is 9.31. The Bertz CT molecular complexity index is 1050. The molecule has 1 saturated heterocycles. The molecule has 3 aliphatic rings. The van der Waals surface area contributed by atoms with E-state index >= 15 is 0 Å². The van der Waals surface area contributed by atoms with Gasteiger partial charge in [0.2, 0.25) is 10.0 Å². The first kappa shape index (κ1) is 17.5. The Morgan fingerprint density at radius 2 is 1.93 bits per heavy atom. The molecule has 1 amide bonds. The Morgan fingerprint density at radius 3 is 2.82 bits per heavy atom. The molecule has 28 heavy (non-hydrogen) atoms. The summed E-state index contributed by atoms with van der Waals surface area (Å²) in [6.07, 6.45) is 0.785. The van der Waals surface area contributed by atoms with Crippen molar-refractivity contribution in [2.24, 2.45) is 0 Å². The molecule has 3 heterocycles. The molecule has 2 atom stereocenters. The molecule has 146 valence electrons. The Morgan fingerprint density at radius 1 is 1.14 bits per heavy atom. The van der Waals surface area contributed by atoms with Crippen molar-refractivity contribution in [2.45, 2.75) is 29.3 Å². The van der Waals surface area contributed by atoms with Crippen LogP contribution in [0.25, 0.3) is 0 Å². The summed E-state index contributed by atoms with van der Waals surface area (Å²) in [6.45, 7) is 1.66. The van der Waals surface area contributed by atoms with E-state index in [1.165, 1.54) is 6.07 Å². The molecule has 0 bridgehead atoms. The third kappa shape index (κ3) is 2.67. The van der Waals surface area contributed by atoms with Gasteiger partial charge in [-0.3, -0.25) is 4.79 Å². The van der Waals surface area contributed by atoms with Crippen molar-refractivity contribution in [3.63, 3.8) is 0 Å². The number of sulfonamides is 1. The fourth-order valence-electron chi connectivity index (χ4n) is 4.50. The average molecular weight is 399 g/mol. The molecule has 2 unspecified atom stereocenters. The maximum atomic E-state index is 13.2. The highest BCUT2D eigenvalue weighted by Crippen LogP contribution is 2.44. The van der Waals surface area contributed by atoms with E-state index in [0.29, 0.717) is 25.4 Å². The highest BCUT2D eigenvalue weighted by molar-refractivity contribution is 7.89. The lowest BCUT2D eigenvalue weighted by molar-refractivity contribution is -0.134. The van der Waals surface area contributed by atoms with Gasteiger partial charge in [-0.05, 0) is 31.0 Å². The van der Waals surface area contributed by atoms with Crippen molar-refractivity contribution in [3.8, 4) is 5.75 Å². The summed E-state index contributed by atoms with van der Waals surface area (Å²) in [4.78, 5) is 15.1. The van der Waals surface area contributed by atoms with Gasteiger partial charge in [-0.15, -0.1) is 0 Å². The third-order valence-corrected chi connectivity index (χ3v) is 7.33. The third-order valence-electron chi connectivity index (χ3n) is 5.85. The van der Waals surface area contributed by atoms with Crippen LogP contribution in [0.2, 0.25) is 0 Å². The number of anilines is 1. The normalized spacial score (nSPS) is 27.4. The summed E-state index contributed by atoms with van der Waals surface area (Å²) >= 11 is 0. The minimum Gasteiger partial charge on any atom is -0.492 e. The Balaban J connectivity index is 1.41. The monoisotopic (exact) mass is 399 g/mol. The molecular formula is C20H21N3O4S. The molecule has 0 aliphatic carbocycles. The fraction of sp³-hybridized carbons (Fsp3) is 0.350. The topological polar surface area (TPSA) is 87.7 Å². The number of likely N-dealkylation sites (tertiary alicyclic amines) is 1. The summed E-state index contributed by atoms with van der Waals surface area (Å²) in [6, 6.07) is 14.6. The zero-order valence-electron chi connectivity index (χ0n) is 15.2. The summed E-state index contributed by atoms with van der Waals surface area (Å²) < 4.78 is 33.4. The standard InChI is InChI=1S/C20H21N3O4S/c24-19(18-21-15-7-2-4-9-17(15)28(25,26)22-18)23-11-5-10-20(12-23)13-27-16-8-3-1-6-14(16)20/h1-4,6-9,18,21-22H,5,10-13H2. The van der Waals surface area contributed by atoms with E-state index in [4.69, 9.17) is 4.74 Å². The molecule has 7 nitrogen and oxygen atoms in total. The van der Waals surface area contributed by atoms with Gasteiger partial charge in [0.15, 0.2) is 6.17 Å². The first-order valence-electron chi connectivity index (χ1n) is 9.38. The Kier molecular flexibility index (Phi) is 3.89. The van der Waals surface area contributed by atoms with Gasteiger partial charge in [0, 0.05) is 18.7 Å². The predicted molar refractivity (Wildman–Crippen MR) is 104 cm³/mol. The second-order valence-electron chi connectivity index (χ2n) is 7.62. The molecule has 1 fully saturated rings. The van der Waals surface area contributed by atoms with Gasteiger partial charge in [-0.1, -0.05) is 30.3 Å². The zero-order chi connectivity index (χ0) is 19.4. The van der Waals surface area contributed by atoms with Crippen LogP contribution < -0.4 is 14.8 Å². The van der Waals surface area contributed by atoms with Crippen molar-refractivity contribution in [1.82, 2.24) is 9.62 Å². The fourth-order valence-corrected chi connectivity index (χ4v) is 5.77. The maximum Gasteiger partial charge on any atom is 0.261 e. The maximum absolute atomic E-state index is 13.2. The van der Waals surface area contributed by atoms with Gasteiger partial charge in [0.1, 0.15) is 10.6 Å². The van der Waals surface area contributed by atoms with E-state index in [-0.39, 0.29) is 16.2 Å². The summed E-state index contributed by atoms with van der Waals surface area (Å²) in [7, 11) is -3.74. The SMILES string of the molecule is O=C(C1Nc2ccccc2S(=O)(=O)N1)N1CCCC2(COc3ccccc32)C1. The van der Waals surface area contributed by atoms with Gasteiger partial charge in [0.25, 0.3) is 5.91 Å². The van der Waals surface area contributed by atoms with E-state index in [1.54, 1.807) is 23.1 Å². The lowest BCUT2D eigenvalue weighted by Gasteiger charge is -2.41. The summed E-state index contributed by atoms with van der Waals surface area (Å²) in [5, 5.41) is 3.04. The first-order valence-corrected chi connectivity index (χ1v) is 10.9. The number of hydrogen-bond donors (Lipinski definition) is 2. The lowest BCUT2D eigenvalue weighted by atomic mass is 9.75. The van der Waals surface area contributed by atoms with Crippen molar-refractivity contribution >= 4 is 21.6 Å². The largest absolute Gasteiger partial charge is 0.492 e. The number of benzene rings is 2.